The summed E-state index contributed by atoms with van der Waals surface area (Å²) in [6, 6.07) is 11.5. The molecular weight excluding hydrogens is 478 g/mol. The number of anilines is 1. The van der Waals surface area contributed by atoms with E-state index in [2.05, 4.69) is 15.4 Å². The van der Waals surface area contributed by atoms with Crippen molar-refractivity contribution in [2.75, 3.05) is 18.4 Å². The summed E-state index contributed by atoms with van der Waals surface area (Å²) < 4.78 is 30.0. The van der Waals surface area contributed by atoms with Crippen molar-refractivity contribution in [3.63, 3.8) is 0 Å². The van der Waals surface area contributed by atoms with E-state index in [-0.39, 0.29) is 11.8 Å². The summed E-state index contributed by atoms with van der Waals surface area (Å²) in [5.74, 6) is 0.289. The number of benzene rings is 1. The number of nitrogens with one attached hydrogen (secondary N) is 1. The average molecular weight is 508 g/mol. The molecule has 1 amide bonds. The van der Waals surface area contributed by atoms with E-state index in [9.17, 15) is 13.2 Å². The zero-order chi connectivity index (χ0) is 25.4. The van der Waals surface area contributed by atoms with E-state index in [1.807, 2.05) is 37.3 Å². The Morgan fingerprint density at radius 3 is 2.56 bits per heavy atom. The zero-order valence-electron chi connectivity index (χ0n) is 20.5. The highest BCUT2D eigenvalue weighted by molar-refractivity contribution is 7.89. The quantitative estimate of drug-likeness (QED) is 0.428. The lowest BCUT2D eigenvalue weighted by Crippen LogP contribution is -2.41. The van der Waals surface area contributed by atoms with Crippen LogP contribution in [0.4, 0.5) is 5.82 Å². The Morgan fingerprint density at radius 2 is 1.86 bits per heavy atom. The fourth-order valence-corrected chi connectivity index (χ4v) is 5.76. The fraction of sp³-hybridized carbons (Fsp3) is 0.360. The largest absolute Gasteiger partial charge is 0.306 e. The Hall–Kier alpha value is -3.57. The summed E-state index contributed by atoms with van der Waals surface area (Å²) >= 11 is 0. The van der Waals surface area contributed by atoms with Crippen molar-refractivity contribution >= 4 is 27.4 Å². The number of nitrogens with zero attached hydrogens (tertiary/aromatic N) is 6. The molecule has 10 nitrogen and oxygen atoms in total. The van der Waals surface area contributed by atoms with E-state index >= 15 is 0 Å². The number of piperidine rings is 1. The first-order valence-electron chi connectivity index (χ1n) is 12.0. The number of carbonyl (C=O) groups excluding carboxylic acids is 1. The molecule has 0 spiro atoms. The highest BCUT2D eigenvalue weighted by atomic mass is 32.2. The first-order valence-corrected chi connectivity index (χ1v) is 13.5. The first-order chi connectivity index (χ1) is 17.2. The minimum absolute atomic E-state index is 0.0876. The Kier molecular flexibility index (Phi) is 6.35. The van der Waals surface area contributed by atoms with Crippen LogP contribution >= 0.6 is 0 Å². The molecule has 1 aliphatic rings. The third-order valence-electron chi connectivity index (χ3n) is 6.60. The smallest absolute Gasteiger partial charge is 0.262 e. The van der Waals surface area contributed by atoms with Crippen LogP contribution in [0.15, 0.2) is 55.0 Å². The van der Waals surface area contributed by atoms with Crippen LogP contribution < -0.4 is 5.32 Å². The maximum absolute atomic E-state index is 13.2. The van der Waals surface area contributed by atoms with Crippen LogP contribution in [0.3, 0.4) is 0 Å². The lowest BCUT2D eigenvalue weighted by atomic mass is 9.95. The van der Waals surface area contributed by atoms with Gasteiger partial charge in [-0.25, -0.2) is 26.9 Å². The summed E-state index contributed by atoms with van der Waals surface area (Å²) in [4.78, 5) is 17.5. The van der Waals surface area contributed by atoms with Gasteiger partial charge >= 0.3 is 0 Å². The van der Waals surface area contributed by atoms with Gasteiger partial charge in [0.2, 0.25) is 10.0 Å². The molecule has 0 unspecified atom stereocenters. The standard InChI is InChI=1S/C25H29N7O3S/c1-17(2)36(34,35)30-13-9-19(10-14-30)22-15-23(32(29-22)20-7-5-18(3)6-8-20)28-25(33)21-16-27-31-12-4-11-26-24(21)31/h4-8,11-12,15-17,19H,9-10,13-14H2,1-3H3,(H,28,33). The molecule has 3 aromatic heterocycles. The molecule has 0 radical (unpaired) electrons. The van der Waals surface area contributed by atoms with Crippen LogP contribution in [0.25, 0.3) is 11.3 Å². The first kappa shape index (κ1) is 24.1. The van der Waals surface area contributed by atoms with Crippen molar-refractivity contribution in [1.82, 2.24) is 28.7 Å². The summed E-state index contributed by atoms with van der Waals surface area (Å²) in [5, 5.41) is 11.6. The minimum atomic E-state index is -3.28. The second-order valence-electron chi connectivity index (χ2n) is 9.37. The number of amides is 1. The summed E-state index contributed by atoms with van der Waals surface area (Å²) in [6.45, 7) is 6.34. The van der Waals surface area contributed by atoms with Crippen molar-refractivity contribution in [2.45, 2.75) is 44.8 Å². The van der Waals surface area contributed by atoms with Gasteiger partial charge in [0, 0.05) is 37.5 Å². The van der Waals surface area contributed by atoms with Crippen LogP contribution in [-0.2, 0) is 10.0 Å². The molecule has 4 heterocycles. The zero-order valence-corrected chi connectivity index (χ0v) is 21.3. The van der Waals surface area contributed by atoms with Crippen molar-refractivity contribution in [3.8, 4) is 5.69 Å². The molecule has 36 heavy (non-hydrogen) atoms. The second kappa shape index (κ2) is 9.47. The Morgan fingerprint density at radius 1 is 1.14 bits per heavy atom. The molecule has 1 aliphatic heterocycles. The number of aryl methyl sites for hydroxylation is 1. The Balaban J connectivity index is 1.44. The van der Waals surface area contributed by atoms with Gasteiger partial charge in [0.25, 0.3) is 5.91 Å². The maximum atomic E-state index is 13.2. The van der Waals surface area contributed by atoms with E-state index in [1.165, 1.54) is 6.20 Å². The predicted molar refractivity (Wildman–Crippen MR) is 137 cm³/mol. The predicted octanol–water partition coefficient (Wildman–Crippen LogP) is 3.39. The van der Waals surface area contributed by atoms with Gasteiger partial charge in [-0.1, -0.05) is 17.7 Å². The topological polar surface area (TPSA) is 114 Å². The van der Waals surface area contributed by atoms with Gasteiger partial charge in [-0.05, 0) is 51.8 Å². The lowest BCUT2D eigenvalue weighted by Gasteiger charge is -2.31. The lowest BCUT2D eigenvalue weighted by molar-refractivity contribution is 0.102. The molecule has 0 bridgehead atoms. The van der Waals surface area contributed by atoms with Crippen LogP contribution in [0.1, 0.15) is 54.2 Å². The number of fused-ring (bicyclic) bond motifs is 1. The molecule has 1 saturated heterocycles. The molecule has 5 rings (SSSR count). The summed E-state index contributed by atoms with van der Waals surface area (Å²) in [7, 11) is -3.28. The minimum Gasteiger partial charge on any atom is -0.306 e. The highest BCUT2D eigenvalue weighted by Gasteiger charge is 2.32. The van der Waals surface area contributed by atoms with E-state index in [1.54, 1.807) is 45.8 Å². The molecule has 1 N–H and O–H groups in total. The van der Waals surface area contributed by atoms with E-state index < -0.39 is 15.3 Å². The van der Waals surface area contributed by atoms with Gasteiger partial charge in [-0.2, -0.15) is 10.2 Å². The number of hydrogen-bond donors (Lipinski definition) is 1. The van der Waals surface area contributed by atoms with Gasteiger partial charge in [0.05, 0.1) is 22.8 Å². The SMILES string of the molecule is Cc1ccc(-n2nc(C3CCN(S(=O)(=O)C(C)C)CC3)cc2NC(=O)c2cnn3cccnc23)cc1. The second-order valence-corrected chi connectivity index (χ2v) is 11.9. The molecule has 4 aromatic rings. The van der Waals surface area contributed by atoms with Crippen molar-refractivity contribution in [2.24, 2.45) is 0 Å². The van der Waals surface area contributed by atoms with Gasteiger partial charge in [-0.3, -0.25) is 4.79 Å². The molecule has 188 valence electrons. The van der Waals surface area contributed by atoms with Crippen LogP contribution in [0.5, 0.6) is 0 Å². The third-order valence-corrected chi connectivity index (χ3v) is 8.88. The normalized spacial score (nSPS) is 15.6. The molecule has 1 aromatic carbocycles. The van der Waals surface area contributed by atoms with E-state index in [0.29, 0.717) is 43.0 Å². The highest BCUT2D eigenvalue weighted by Crippen LogP contribution is 2.32. The number of sulfonamides is 1. The maximum Gasteiger partial charge on any atom is 0.262 e. The van der Waals surface area contributed by atoms with Crippen molar-refractivity contribution < 1.29 is 13.2 Å². The monoisotopic (exact) mass is 507 g/mol. The molecule has 0 atom stereocenters. The summed E-state index contributed by atoms with van der Waals surface area (Å²) in [6.07, 6.45) is 6.19. The molecule has 0 aliphatic carbocycles. The van der Waals surface area contributed by atoms with Crippen molar-refractivity contribution in [1.29, 1.82) is 0 Å². The molecule has 0 saturated carbocycles. The average Bonchev–Trinajstić information content (AvgIpc) is 3.49. The molecular formula is C25H29N7O3S. The number of rotatable bonds is 6. The van der Waals surface area contributed by atoms with Gasteiger partial charge in [0.1, 0.15) is 11.4 Å². The van der Waals surface area contributed by atoms with Crippen LogP contribution in [0, 0.1) is 6.92 Å². The molecule has 11 heteroatoms. The summed E-state index contributed by atoms with van der Waals surface area (Å²) in [5.41, 5.74) is 3.59. The van der Waals surface area contributed by atoms with Gasteiger partial charge in [-0.15, -0.1) is 0 Å². The van der Waals surface area contributed by atoms with E-state index in [4.69, 9.17) is 5.10 Å². The Bertz CT molecular complexity index is 1500. The van der Waals surface area contributed by atoms with Crippen LogP contribution in [0.2, 0.25) is 0 Å². The fourth-order valence-electron chi connectivity index (χ4n) is 4.45. The Labute approximate surface area is 210 Å². The van der Waals surface area contributed by atoms with E-state index in [0.717, 1.165) is 16.9 Å². The van der Waals surface area contributed by atoms with Gasteiger partial charge < -0.3 is 5.32 Å². The third kappa shape index (κ3) is 4.51. The van der Waals surface area contributed by atoms with Gasteiger partial charge in [0.15, 0.2) is 5.65 Å². The van der Waals surface area contributed by atoms with Crippen LogP contribution in [-0.4, -0.2) is 61.3 Å². The van der Waals surface area contributed by atoms with Crippen molar-refractivity contribution in [3.05, 3.63) is 71.8 Å². The number of carbonyl (C=O) groups is 1. The number of aromatic nitrogens is 5. The number of hydrogen-bond acceptors (Lipinski definition) is 6. The molecule has 1 fully saturated rings.